The van der Waals surface area contributed by atoms with Gasteiger partial charge in [-0.3, -0.25) is 4.79 Å². The summed E-state index contributed by atoms with van der Waals surface area (Å²) in [6.07, 6.45) is 6.45. The number of fused-ring (bicyclic) bond motifs is 1. The zero-order valence-electron chi connectivity index (χ0n) is 11.0. The summed E-state index contributed by atoms with van der Waals surface area (Å²) in [5.41, 5.74) is 2.02. The Morgan fingerprint density at radius 3 is 2.83 bits per heavy atom. The zero-order chi connectivity index (χ0) is 12.6. The van der Waals surface area contributed by atoms with Crippen LogP contribution in [0.15, 0.2) is 18.2 Å². The second kappa shape index (κ2) is 4.42. The van der Waals surface area contributed by atoms with Crippen molar-refractivity contribution in [2.45, 2.75) is 45.4 Å². The number of carbonyl (C=O) groups excluding carboxylic acids is 1. The highest BCUT2D eigenvalue weighted by Gasteiger charge is 2.39. The first-order chi connectivity index (χ1) is 8.75. The molecule has 0 N–H and O–H groups in total. The third kappa shape index (κ3) is 1.75. The molecule has 18 heavy (non-hydrogen) atoms. The maximum Gasteiger partial charge on any atom is 0.169 e. The molecule has 0 bridgehead atoms. The monoisotopic (exact) mass is 244 g/mol. The van der Waals surface area contributed by atoms with Crippen molar-refractivity contribution in [2.75, 3.05) is 6.61 Å². The Balaban J connectivity index is 1.92. The lowest BCUT2D eigenvalue weighted by Crippen LogP contribution is -2.27. The van der Waals surface area contributed by atoms with E-state index >= 15 is 0 Å². The van der Waals surface area contributed by atoms with Crippen LogP contribution in [-0.4, -0.2) is 12.4 Å². The van der Waals surface area contributed by atoms with Gasteiger partial charge in [-0.15, -0.1) is 0 Å². The summed E-state index contributed by atoms with van der Waals surface area (Å²) >= 11 is 0. The van der Waals surface area contributed by atoms with Crippen LogP contribution in [0.4, 0.5) is 0 Å². The number of hydrogen-bond acceptors (Lipinski definition) is 2. The van der Waals surface area contributed by atoms with Gasteiger partial charge in [-0.2, -0.15) is 0 Å². The quantitative estimate of drug-likeness (QED) is 0.756. The van der Waals surface area contributed by atoms with Crippen molar-refractivity contribution in [1.82, 2.24) is 0 Å². The van der Waals surface area contributed by atoms with Crippen LogP contribution in [-0.2, 0) is 6.42 Å². The minimum Gasteiger partial charge on any atom is -0.493 e. The molecule has 1 aliphatic heterocycles. The second-order valence-electron chi connectivity index (χ2n) is 5.59. The number of ketones is 1. The molecule has 2 heteroatoms. The molecule has 96 valence electrons. The molecule has 0 spiro atoms. The normalized spacial score (nSPS) is 20.5. The van der Waals surface area contributed by atoms with Gasteiger partial charge >= 0.3 is 0 Å². The number of ether oxygens (including phenoxy) is 1. The molecule has 1 fully saturated rings. The molecule has 2 aliphatic rings. The van der Waals surface area contributed by atoms with E-state index in [1.54, 1.807) is 0 Å². The zero-order valence-corrected chi connectivity index (χ0v) is 11.0. The molecular weight excluding hydrogens is 224 g/mol. The molecule has 1 aliphatic carbocycles. The van der Waals surface area contributed by atoms with E-state index in [1.165, 1.54) is 18.4 Å². The predicted octanol–water partition coefficient (Wildman–Crippen LogP) is 3.77. The molecule has 0 radical (unpaired) electrons. The van der Waals surface area contributed by atoms with Crippen molar-refractivity contribution in [2.24, 2.45) is 5.41 Å². The molecule has 3 rings (SSSR count). The molecule has 0 saturated heterocycles. The SMILES string of the molecule is CCC1(C(=O)c2ccc3c(c2)CCO3)CCCC1. The Morgan fingerprint density at radius 1 is 1.33 bits per heavy atom. The smallest absolute Gasteiger partial charge is 0.169 e. The first-order valence-corrected chi connectivity index (χ1v) is 7.06. The summed E-state index contributed by atoms with van der Waals surface area (Å²) in [6.45, 7) is 2.91. The average Bonchev–Trinajstić information content (AvgIpc) is 3.06. The molecule has 0 atom stereocenters. The van der Waals surface area contributed by atoms with Gasteiger partial charge in [0, 0.05) is 17.4 Å². The van der Waals surface area contributed by atoms with Gasteiger partial charge in [-0.1, -0.05) is 19.8 Å². The van der Waals surface area contributed by atoms with Crippen molar-refractivity contribution in [3.63, 3.8) is 0 Å². The first-order valence-electron chi connectivity index (χ1n) is 7.06. The fourth-order valence-electron chi connectivity index (χ4n) is 3.43. The van der Waals surface area contributed by atoms with Gasteiger partial charge in [0.1, 0.15) is 5.75 Å². The Kier molecular flexibility index (Phi) is 2.89. The minimum absolute atomic E-state index is 0.0757. The summed E-state index contributed by atoms with van der Waals surface area (Å²) < 4.78 is 5.50. The lowest BCUT2D eigenvalue weighted by atomic mass is 9.76. The highest BCUT2D eigenvalue weighted by atomic mass is 16.5. The van der Waals surface area contributed by atoms with Crippen LogP contribution < -0.4 is 4.74 Å². The highest BCUT2D eigenvalue weighted by Crippen LogP contribution is 2.44. The first kappa shape index (κ1) is 11.8. The van der Waals surface area contributed by atoms with Crippen molar-refractivity contribution >= 4 is 5.78 Å². The number of benzene rings is 1. The van der Waals surface area contributed by atoms with E-state index in [0.717, 1.165) is 43.6 Å². The van der Waals surface area contributed by atoms with Crippen LogP contribution in [0, 0.1) is 5.41 Å². The van der Waals surface area contributed by atoms with E-state index in [0.29, 0.717) is 5.78 Å². The van der Waals surface area contributed by atoms with Crippen molar-refractivity contribution in [3.05, 3.63) is 29.3 Å². The Morgan fingerprint density at radius 2 is 2.11 bits per heavy atom. The summed E-state index contributed by atoms with van der Waals surface area (Å²) in [5.74, 6) is 1.32. The van der Waals surface area contributed by atoms with E-state index < -0.39 is 0 Å². The molecule has 0 unspecified atom stereocenters. The van der Waals surface area contributed by atoms with Crippen molar-refractivity contribution in [3.8, 4) is 5.75 Å². The molecule has 1 saturated carbocycles. The Bertz CT molecular complexity index is 470. The van der Waals surface area contributed by atoms with E-state index in [9.17, 15) is 4.79 Å². The van der Waals surface area contributed by atoms with Gasteiger partial charge < -0.3 is 4.74 Å². The van der Waals surface area contributed by atoms with Crippen LogP contribution in [0.2, 0.25) is 0 Å². The fourth-order valence-corrected chi connectivity index (χ4v) is 3.43. The van der Waals surface area contributed by atoms with E-state index in [2.05, 4.69) is 13.0 Å². The molecule has 2 nitrogen and oxygen atoms in total. The van der Waals surface area contributed by atoms with Gasteiger partial charge in [0.25, 0.3) is 0 Å². The van der Waals surface area contributed by atoms with Crippen molar-refractivity contribution < 1.29 is 9.53 Å². The standard InChI is InChI=1S/C16H20O2/c1-2-16(8-3-4-9-16)15(17)13-5-6-14-12(11-13)7-10-18-14/h5-6,11H,2-4,7-10H2,1H3. The second-order valence-corrected chi connectivity index (χ2v) is 5.59. The fraction of sp³-hybridized carbons (Fsp3) is 0.562. The number of Topliss-reactive ketones (excluding diaryl/α,β-unsaturated/α-hetero) is 1. The van der Waals surface area contributed by atoms with Gasteiger partial charge in [-0.05, 0) is 43.0 Å². The maximum absolute atomic E-state index is 12.8. The third-order valence-electron chi connectivity index (χ3n) is 4.67. The lowest BCUT2D eigenvalue weighted by Gasteiger charge is -2.25. The lowest BCUT2D eigenvalue weighted by molar-refractivity contribution is 0.0791. The van der Waals surface area contributed by atoms with Crippen LogP contribution in [0.3, 0.4) is 0 Å². The maximum atomic E-state index is 12.8. The molecular formula is C16H20O2. The summed E-state index contributed by atoms with van der Waals surface area (Å²) in [6, 6.07) is 5.97. The van der Waals surface area contributed by atoms with Gasteiger partial charge in [0.15, 0.2) is 5.78 Å². The molecule has 0 amide bonds. The summed E-state index contributed by atoms with van der Waals surface area (Å²) in [4.78, 5) is 12.8. The van der Waals surface area contributed by atoms with Gasteiger partial charge in [0.2, 0.25) is 0 Å². The van der Waals surface area contributed by atoms with Crippen LogP contribution in [0.5, 0.6) is 5.75 Å². The summed E-state index contributed by atoms with van der Waals surface area (Å²) in [5, 5.41) is 0. The average molecular weight is 244 g/mol. The topological polar surface area (TPSA) is 26.3 Å². The largest absolute Gasteiger partial charge is 0.493 e. The highest BCUT2D eigenvalue weighted by molar-refractivity contribution is 6.01. The Labute approximate surface area is 108 Å². The van der Waals surface area contributed by atoms with Crippen LogP contribution in [0.1, 0.15) is 54.9 Å². The van der Waals surface area contributed by atoms with Gasteiger partial charge in [0.05, 0.1) is 6.61 Å². The van der Waals surface area contributed by atoms with Crippen molar-refractivity contribution in [1.29, 1.82) is 0 Å². The Hall–Kier alpha value is -1.31. The number of hydrogen-bond donors (Lipinski definition) is 0. The van der Waals surface area contributed by atoms with E-state index in [1.807, 2.05) is 12.1 Å². The van der Waals surface area contributed by atoms with E-state index in [-0.39, 0.29) is 5.41 Å². The minimum atomic E-state index is -0.0757. The van der Waals surface area contributed by atoms with Gasteiger partial charge in [-0.25, -0.2) is 0 Å². The number of rotatable bonds is 3. The molecule has 1 heterocycles. The van der Waals surface area contributed by atoms with Crippen LogP contribution in [0.25, 0.3) is 0 Å². The summed E-state index contributed by atoms with van der Waals surface area (Å²) in [7, 11) is 0. The molecule has 0 aromatic heterocycles. The third-order valence-corrected chi connectivity index (χ3v) is 4.67. The van der Waals surface area contributed by atoms with Crippen LogP contribution >= 0.6 is 0 Å². The molecule has 1 aromatic rings. The van der Waals surface area contributed by atoms with E-state index in [4.69, 9.17) is 4.74 Å². The predicted molar refractivity (Wildman–Crippen MR) is 71.2 cm³/mol. The number of carbonyl (C=O) groups is 1. The molecule has 1 aromatic carbocycles.